The summed E-state index contributed by atoms with van der Waals surface area (Å²) < 4.78 is 77.7. The minimum atomic E-state index is -4.98. The summed E-state index contributed by atoms with van der Waals surface area (Å²) in [5.41, 5.74) is -4.42. The standard InChI is InChI=1S/C19H22F6N2O2/c20-18(21,22)13-9-14(19(23,24)25)11-15(10-13)26-16(28)27-7-5-17(29,6-8-27)12-3-1-2-4-12/h9-12,29H,1-8H2,(H,26,28). The van der Waals surface area contributed by atoms with E-state index in [1.54, 1.807) is 0 Å². The van der Waals surface area contributed by atoms with E-state index in [1.807, 2.05) is 0 Å². The van der Waals surface area contributed by atoms with E-state index in [-0.39, 0.29) is 25.1 Å². The minimum absolute atomic E-state index is 0.0122. The van der Waals surface area contributed by atoms with Crippen LogP contribution < -0.4 is 5.32 Å². The number of amides is 2. The third kappa shape index (κ3) is 4.96. The van der Waals surface area contributed by atoms with Crippen molar-refractivity contribution in [2.45, 2.75) is 56.5 Å². The number of carbonyl (C=O) groups excluding carboxylic acids is 1. The molecule has 1 saturated carbocycles. The SMILES string of the molecule is O=C(Nc1cc(C(F)(F)F)cc(C(F)(F)F)c1)N1CCC(O)(C2CCCC2)CC1. The second-order valence-corrected chi connectivity index (χ2v) is 7.80. The molecule has 2 amide bonds. The number of hydrogen-bond donors (Lipinski definition) is 2. The number of nitrogens with zero attached hydrogens (tertiary/aromatic N) is 1. The monoisotopic (exact) mass is 424 g/mol. The van der Waals surface area contributed by atoms with E-state index in [2.05, 4.69) is 5.32 Å². The van der Waals surface area contributed by atoms with Crippen LogP contribution in [0.5, 0.6) is 0 Å². The highest BCUT2D eigenvalue weighted by atomic mass is 19.4. The summed E-state index contributed by atoms with van der Waals surface area (Å²) in [6.45, 7) is 0.369. The van der Waals surface area contributed by atoms with Gasteiger partial charge in [-0.1, -0.05) is 12.8 Å². The average molecular weight is 424 g/mol. The lowest BCUT2D eigenvalue weighted by atomic mass is 9.78. The molecular formula is C19H22F6N2O2. The Morgan fingerprint density at radius 1 is 0.966 bits per heavy atom. The zero-order chi connectivity index (χ0) is 21.4. The molecule has 2 fully saturated rings. The van der Waals surface area contributed by atoms with Gasteiger partial charge in [0.15, 0.2) is 0 Å². The van der Waals surface area contributed by atoms with Crippen LogP contribution in [-0.4, -0.2) is 34.7 Å². The van der Waals surface area contributed by atoms with Gasteiger partial charge in [-0.15, -0.1) is 0 Å². The molecule has 4 nitrogen and oxygen atoms in total. The number of likely N-dealkylation sites (tertiary alicyclic amines) is 1. The number of nitrogens with one attached hydrogen (secondary N) is 1. The van der Waals surface area contributed by atoms with Crippen molar-refractivity contribution in [1.29, 1.82) is 0 Å². The lowest BCUT2D eigenvalue weighted by Gasteiger charge is -2.41. The predicted octanol–water partition coefficient (Wildman–Crippen LogP) is 5.27. The van der Waals surface area contributed by atoms with Gasteiger partial charge in [0.2, 0.25) is 0 Å². The zero-order valence-corrected chi connectivity index (χ0v) is 15.5. The Hall–Kier alpha value is -1.97. The van der Waals surface area contributed by atoms with Gasteiger partial charge in [0.05, 0.1) is 16.7 Å². The first-order chi connectivity index (χ1) is 13.4. The number of alkyl halides is 6. The Kier molecular flexibility index (Phi) is 5.77. The fourth-order valence-electron chi connectivity index (χ4n) is 4.20. The minimum Gasteiger partial charge on any atom is -0.389 e. The van der Waals surface area contributed by atoms with Crippen LogP contribution in [-0.2, 0) is 12.4 Å². The quantitative estimate of drug-likeness (QED) is 0.636. The molecular weight excluding hydrogens is 402 g/mol. The Morgan fingerprint density at radius 3 is 1.90 bits per heavy atom. The van der Waals surface area contributed by atoms with E-state index in [9.17, 15) is 36.2 Å². The van der Waals surface area contributed by atoms with Crippen LogP contribution in [0.25, 0.3) is 0 Å². The first-order valence-electron chi connectivity index (χ1n) is 9.46. The van der Waals surface area contributed by atoms with Crippen LogP contribution in [0.15, 0.2) is 18.2 Å². The summed E-state index contributed by atoms with van der Waals surface area (Å²) in [6.07, 6.45) is -5.35. The molecule has 1 aliphatic heterocycles. The molecule has 0 bridgehead atoms. The van der Waals surface area contributed by atoms with Gasteiger partial charge >= 0.3 is 18.4 Å². The summed E-state index contributed by atoms with van der Waals surface area (Å²) in [5, 5.41) is 12.9. The van der Waals surface area contributed by atoms with Crippen LogP contribution in [0, 0.1) is 5.92 Å². The van der Waals surface area contributed by atoms with Crippen molar-refractivity contribution in [2.75, 3.05) is 18.4 Å². The molecule has 29 heavy (non-hydrogen) atoms. The van der Waals surface area contributed by atoms with E-state index < -0.39 is 40.8 Å². The first-order valence-corrected chi connectivity index (χ1v) is 9.46. The maximum atomic E-state index is 12.9. The highest BCUT2D eigenvalue weighted by molar-refractivity contribution is 5.89. The third-order valence-corrected chi connectivity index (χ3v) is 5.87. The Balaban J connectivity index is 1.70. The number of carbonyl (C=O) groups is 1. The molecule has 1 saturated heterocycles. The van der Waals surface area contributed by atoms with Crippen molar-refractivity contribution in [1.82, 2.24) is 4.90 Å². The average Bonchev–Trinajstić information content (AvgIpc) is 3.16. The molecule has 2 N–H and O–H groups in total. The lowest BCUT2D eigenvalue weighted by Crippen LogP contribution is -2.50. The second kappa shape index (κ2) is 7.70. The van der Waals surface area contributed by atoms with E-state index in [0.29, 0.717) is 25.0 Å². The van der Waals surface area contributed by atoms with Crippen LogP contribution in [0.3, 0.4) is 0 Å². The van der Waals surface area contributed by atoms with Crippen molar-refractivity contribution in [3.8, 4) is 0 Å². The molecule has 3 rings (SSSR count). The van der Waals surface area contributed by atoms with Gasteiger partial charge in [0, 0.05) is 18.8 Å². The summed E-state index contributed by atoms with van der Waals surface area (Å²) in [7, 11) is 0. The number of rotatable bonds is 2. The van der Waals surface area contributed by atoms with Gasteiger partial charge < -0.3 is 15.3 Å². The van der Waals surface area contributed by atoms with Crippen molar-refractivity contribution >= 4 is 11.7 Å². The van der Waals surface area contributed by atoms with Gasteiger partial charge in [-0.05, 0) is 49.8 Å². The maximum absolute atomic E-state index is 12.9. The van der Waals surface area contributed by atoms with Gasteiger partial charge in [0.1, 0.15) is 0 Å². The highest BCUT2D eigenvalue weighted by Crippen LogP contribution is 2.40. The predicted molar refractivity (Wildman–Crippen MR) is 93.2 cm³/mol. The molecule has 1 aromatic rings. The first kappa shape index (κ1) is 21.7. The number of aliphatic hydroxyl groups is 1. The van der Waals surface area contributed by atoms with E-state index in [4.69, 9.17) is 0 Å². The summed E-state index contributed by atoms with van der Waals surface area (Å²) >= 11 is 0. The zero-order valence-electron chi connectivity index (χ0n) is 15.5. The Labute approximate surface area is 163 Å². The summed E-state index contributed by atoms with van der Waals surface area (Å²) in [5.74, 6) is 0.172. The lowest BCUT2D eigenvalue weighted by molar-refractivity contribution is -0.143. The van der Waals surface area contributed by atoms with Crippen molar-refractivity contribution in [3.63, 3.8) is 0 Å². The number of anilines is 1. The largest absolute Gasteiger partial charge is 0.416 e. The molecule has 0 aromatic heterocycles. The number of urea groups is 1. The van der Waals surface area contributed by atoms with Crippen LogP contribution in [0.1, 0.15) is 49.7 Å². The highest BCUT2D eigenvalue weighted by Gasteiger charge is 2.42. The van der Waals surface area contributed by atoms with Crippen LogP contribution >= 0.6 is 0 Å². The molecule has 0 spiro atoms. The van der Waals surface area contributed by atoms with Gasteiger partial charge in [0.25, 0.3) is 0 Å². The number of halogens is 6. The van der Waals surface area contributed by atoms with E-state index in [0.717, 1.165) is 25.7 Å². The van der Waals surface area contributed by atoms with Crippen LogP contribution in [0.4, 0.5) is 36.8 Å². The Morgan fingerprint density at radius 2 is 1.45 bits per heavy atom. The second-order valence-electron chi connectivity index (χ2n) is 7.80. The molecule has 1 heterocycles. The fourth-order valence-corrected chi connectivity index (χ4v) is 4.20. The molecule has 2 aliphatic rings. The normalized spacial score (nSPS) is 20.7. The molecule has 0 unspecified atom stereocenters. The molecule has 10 heteroatoms. The van der Waals surface area contributed by atoms with Gasteiger partial charge in [-0.25, -0.2) is 4.79 Å². The molecule has 1 aromatic carbocycles. The maximum Gasteiger partial charge on any atom is 0.416 e. The van der Waals surface area contributed by atoms with Gasteiger partial charge in [-0.3, -0.25) is 0 Å². The summed E-state index contributed by atoms with van der Waals surface area (Å²) in [6, 6.07) is 0.182. The van der Waals surface area contributed by atoms with Crippen LogP contribution in [0.2, 0.25) is 0 Å². The smallest absolute Gasteiger partial charge is 0.389 e. The van der Waals surface area contributed by atoms with E-state index in [1.165, 1.54) is 4.90 Å². The van der Waals surface area contributed by atoms with E-state index >= 15 is 0 Å². The fraction of sp³-hybridized carbons (Fsp3) is 0.632. The van der Waals surface area contributed by atoms with Gasteiger partial charge in [-0.2, -0.15) is 26.3 Å². The van der Waals surface area contributed by atoms with Crippen molar-refractivity contribution in [2.24, 2.45) is 5.92 Å². The Bertz CT molecular complexity index is 716. The molecule has 0 radical (unpaired) electrons. The number of piperidine rings is 1. The third-order valence-electron chi connectivity index (χ3n) is 5.87. The number of hydrogen-bond acceptors (Lipinski definition) is 2. The topological polar surface area (TPSA) is 52.6 Å². The van der Waals surface area contributed by atoms with Crippen molar-refractivity contribution in [3.05, 3.63) is 29.3 Å². The molecule has 0 atom stereocenters. The molecule has 1 aliphatic carbocycles. The molecule has 162 valence electrons. The number of benzene rings is 1. The van der Waals surface area contributed by atoms with Crippen molar-refractivity contribution < 1.29 is 36.2 Å². The summed E-state index contributed by atoms with van der Waals surface area (Å²) in [4.78, 5) is 13.7.